The van der Waals surface area contributed by atoms with Gasteiger partial charge in [0.05, 0.1) is 23.8 Å². The van der Waals surface area contributed by atoms with E-state index < -0.39 is 0 Å². The first-order chi connectivity index (χ1) is 9.92. The summed E-state index contributed by atoms with van der Waals surface area (Å²) in [5, 5.41) is 0.432. The summed E-state index contributed by atoms with van der Waals surface area (Å²) in [6, 6.07) is 6.92. The van der Waals surface area contributed by atoms with Gasteiger partial charge in [-0.25, -0.2) is 0 Å². The lowest BCUT2D eigenvalue weighted by molar-refractivity contribution is -0.146. The third kappa shape index (κ3) is 3.83. The average molecular weight is 310 g/mol. The molecular weight excluding hydrogens is 290 g/mol. The summed E-state index contributed by atoms with van der Waals surface area (Å²) in [5.41, 5.74) is 0.163. The maximum Gasteiger partial charge on any atom is 0.223 e. The molecular formula is C16H20ClNO3. The second-order valence-electron chi connectivity index (χ2n) is 5.81. The van der Waals surface area contributed by atoms with Crippen molar-refractivity contribution in [1.82, 2.24) is 4.90 Å². The SMILES string of the molecule is CC1(C)COCCN1C(=O)CCC(=O)c1ccccc1Cl. The first-order valence-corrected chi connectivity index (χ1v) is 7.45. The van der Waals surface area contributed by atoms with Gasteiger partial charge < -0.3 is 9.64 Å². The number of morpholine rings is 1. The van der Waals surface area contributed by atoms with Crippen molar-refractivity contribution in [1.29, 1.82) is 0 Å². The Bertz CT molecular complexity index is 542. The van der Waals surface area contributed by atoms with Gasteiger partial charge in [0, 0.05) is 24.9 Å². The molecule has 0 N–H and O–H groups in total. The molecule has 1 saturated heterocycles. The quantitative estimate of drug-likeness (QED) is 0.803. The number of hydrogen-bond donors (Lipinski definition) is 0. The fraction of sp³-hybridized carbons (Fsp3) is 0.500. The van der Waals surface area contributed by atoms with Crippen LogP contribution in [-0.4, -0.2) is 41.9 Å². The molecule has 0 aromatic heterocycles. The zero-order valence-electron chi connectivity index (χ0n) is 12.4. The summed E-state index contributed by atoms with van der Waals surface area (Å²) < 4.78 is 5.40. The number of rotatable bonds is 4. The Labute approximate surface area is 130 Å². The summed E-state index contributed by atoms with van der Waals surface area (Å²) >= 11 is 6.00. The molecule has 4 nitrogen and oxygen atoms in total. The van der Waals surface area contributed by atoms with Crippen LogP contribution in [0.15, 0.2) is 24.3 Å². The highest BCUT2D eigenvalue weighted by molar-refractivity contribution is 6.34. The number of ketones is 1. The minimum Gasteiger partial charge on any atom is -0.377 e. The van der Waals surface area contributed by atoms with E-state index in [9.17, 15) is 9.59 Å². The zero-order valence-corrected chi connectivity index (χ0v) is 13.2. The van der Waals surface area contributed by atoms with Gasteiger partial charge >= 0.3 is 0 Å². The monoisotopic (exact) mass is 309 g/mol. The van der Waals surface area contributed by atoms with E-state index in [1.807, 2.05) is 13.8 Å². The standard InChI is InChI=1S/C16H20ClNO3/c1-16(2)11-21-10-9-18(16)15(20)8-7-14(19)12-5-3-4-6-13(12)17/h3-6H,7-11H2,1-2H3. The molecule has 21 heavy (non-hydrogen) atoms. The van der Waals surface area contributed by atoms with Gasteiger partial charge in [0.1, 0.15) is 0 Å². The molecule has 114 valence electrons. The van der Waals surface area contributed by atoms with E-state index in [2.05, 4.69) is 0 Å². The van der Waals surface area contributed by atoms with E-state index in [1.54, 1.807) is 29.2 Å². The normalized spacial score (nSPS) is 17.6. The van der Waals surface area contributed by atoms with Gasteiger partial charge in [0.25, 0.3) is 0 Å². The minimum atomic E-state index is -0.317. The number of Topliss-reactive ketones (excluding diaryl/α,β-unsaturated/α-hetero) is 1. The molecule has 0 saturated carbocycles. The smallest absolute Gasteiger partial charge is 0.223 e. The van der Waals surface area contributed by atoms with Crippen LogP contribution in [0.2, 0.25) is 5.02 Å². The van der Waals surface area contributed by atoms with Crippen LogP contribution in [0.4, 0.5) is 0 Å². The van der Waals surface area contributed by atoms with E-state index in [-0.39, 0.29) is 30.1 Å². The highest BCUT2D eigenvalue weighted by atomic mass is 35.5. The average Bonchev–Trinajstić information content (AvgIpc) is 2.44. The highest BCUT2D eigenvalue weighted by Crippen LogP contribution is 2.22. The van der Waals surface area contributed by atoms with Crippen LogP contribution in [0.3, 0.4) is 0 Å². The van der Waals surface area contributed by atoms with Gasteiger partial charge in [-0.1, -0.05) is 23.7 Å². The Morgan fingerprint density at radius 3 is 2.67 bits per heavy atom. The second kappa shape index (κ2) is 6.58. The molecule has 0 radical (unpaired) electrons. The van der Waals surface area contributed by atoms with Crippen molar-refractivity contribution in [3.63, 3.8) is 0 Å². The van der Waals surface area contributed by atoms with E-state index in [4.69, 9.17) is 16.3 Å². The summed E-state index contributed by atoms with van der Waals surface area (Å²) in [7, 11) is 0. The van der Waals surface area contributed by atoms with Gasteiger partial charge in [-0.05, 0) is 26.0 Å². The second-order valence-corrected chi connectivity index (χ2v) is 6.22. The Hall–Kier alpha value is -1.39. The van der Waals surface area contributed by atoms with Crippen molar-refractivity contribution in [3.05, 3.63) is 34.9 Å². The van der Waals surface area contributed by atoms with Crippen LogP contribution >= 0.6 is 11.6 Å². The fourth-order valence-electron chi connectivity index (χ4n) is 2.50. The summed E-state index contributed by atoms with van der Waals surface area (Å²) in [6.07, 6.45) is 0.378. The topological polar surface area (TPSA) is 46.6 Å². The molecule has 1 aliphatic heterocycles. The number of hydrogen-bond acceptors (Lipinski definition) is 3. The third-order valence-electron chi connectivity index (χ3n) is 3.69. The van der Waals surface area contributed by atoms with Crippen molar-refractivity contribution in [3.8, 4) is 0 Å². The molecule has 1 aliphatic rings. The maximum absolute atomic E-state index is 12.3. The summed E-state index contributed by atoms with van der Waals surface area (Å²) in [6.45, 7) is 5.59. The molecule has 0 atom stereocenters. The van der Waals surface area contributed by atoms with Crippen molar-refractivity contribution in [2.24, 2.45) is 0 Å². The maximum atomic E-state index is 12.3. The molecule has 1 heterocycles. The molecule has 5 heteroatoms. The number of carbonyl (C=O) groups excluding carboxylic acids is 2. The van der Waals surface area contributed by atoms with Crippen LogP contribution in [-0.2, 0) is 9.53 Å². The number of ether oxygens (including phenoxy) is 1. The first kappa shape index (κ1) is 16.0. The molecule has 1 aromatic rings. The number of nitrogens with zero attached hydrogens (tertiary/aromatic N) is 1. The van der Waals surface area contributed by atoms with E-state index in [1.165, 1.54) is 0 Å². The van der Waals surface area contributed by atoms with E-state index in [0.29, 0.717) is 30.3 Å². The van der Waals surface area contributed by atoms with Gasteiger partial charge in [0.15, 0.2) is 5.78 Å². The molecule has 1 amide bonds. The Balaban J connectivity index is 1.95. The highest BCUT2D eigenvalue weighted by Gasteiger charge is 2.33. The molecule has 2 rings (SSSR count). The van der Waals surface area contributed by atoms with Gasteiger partial charge in [0.2, 0.25) is 5.91 Å². The molecule has 1 fully saturated rings. The van der Waals surface area contributed by atoms with Crippen molar-refractivity contribution >= 4 is 23.3 Å². The zero-order chi connectivity index (χ0) is 15.5. The van der Waals surface area contributed by atoms with Crippen molar-refractivity contribution in [2.45, 2.75) is 32.2 Å². The number of carbonyl (C=O) groups is 2. The molecule has 0 aliphatic carbocycles. The number of amides is 1. The molecule has 1 aromatic carbocycles. The lowest BCUT2D eigenvalue weighted by Gasteiger charge is -2.42. The van der Waals surface area contributed by atoms with E-state index in [0.717, 1.165) is 0 Å². The van der Waals surface area contributed by atoms with Crippen molar-refractivity contribution in [2.75, 3.05) is 19.8 Å². The van der Waals surface area contributed by atoms with Gasteiger partial charge in [-0.3, -0.25) is 9.59 Å². The Morgan fingerprint density at radius 1 is 1.29 bits per heavy atom. The molecule has 0 unspecified atom stereocenters. The lowest BCUT2D eigenvalue weighted by Crippen LogP contribution is -2.55. The first-order valence-electron chi connectivity index (χ1n) is 7.08. The largest absolute Gasteiger partial charge is 0.377 e. The Kier molecular flexibility index (Phi) is 5.01. The van der Waals surface area contributed by atoms with Crippen LogP contribution in [0.25, 0.3) is 0 Å². The number of halogens is 1. The predicted molar refractivity (Wildman–Crippen MR) is 81.6 cm³/mol. The van der Waals surface area contributed by atoms with Gasteiger partial charge in [-0.15, -0.1) is 0 Å². The molecule has 0 bridgehead atoms. The van der Waals surface area contributed by atoms with Crippen LogP contribution in [0, 0.1) is 0 Å². The molecule has 0 spiro atoms. The van der Waals surface area contributed by atoms with Crippen LogP contribution in [0.5, 0.6) is 0 Å². The predicted octanol–water partition coefficient (Wildman–Crippen LogP) is 2.94. The van der Waals surface area contributed by atoms with Gasteiger partial charge in [-0.2, -0.15) is 0 Å². The Morgan fingerprint density at radius 2 is 2.00 bits per heavy atom. The third-order valence-corrected chi connectivity index (χ3v) is 4.02. The summed E-state index contributed by atoms with van der Waals surface area (Å²) in [4.78, 5) is 26.3. The lowest BCUT2D eigenvalue weighted by atomic mass is 10.0. The van der Waals surface area contributed by atoms with Crippen LogP contribution in [0.1, 0.15) is 37.0 Å². The van der Waals surface area contributed by atoms with Crippen LogP contribution < -0.4 is 0 Å². The minimum absolute atomic E-state index is 0.0105. The summed E-state index contributed by atoms with van der Waals surface area (Å²) in [5.74, 6) is -0.108. The fourth-order valence-corrected chi connectivity index (χ4v) is 2.74. The number of benzene rings is 1. The van der Waals surface area contributed by atoms with Crippen molar-refractivity contribution < 1.29 is 14.3 Å². The van der Waals surface area contributed by atoms with E-state index >= 15 is 0 Å².